The summed E-state index contributed by atoms with van der Waals surface area (Å²) in [6.45, 7) is 5.00. The van der Waals surface area contributed by atoms with Crippen molar-refractivity contribution in [2.75, 3.05) is 6.61 Å². The topological polar surface area (TPSA) is 52.6 Å². The molecule has 1 atom stereocenters. The molecule has 0 aromatic heterocycles. The molecule has 0 radical (unpaired) electrons. The van der Waals surface area contributed by atoms with Crippen LogP contribution < -0.4 is 0 Å². The van der Waals surface area contributed by atoms with Crippen molar-refractivity contribution < 1.29 is 18.6 Å². The zero-order valence-electron chi connectivity index (χ0n) is 5.62. The van der Waals surface area contributed by atoms with Gasteiger partial charge in [-0.3, -0.25) is 4.57 Å². The van der Waals surface area contributed by atoms with Crippen LogP contribution in [-0.2, 0) is 13.8 Å². The molecule has 0 heterocycles. The molecule has 0 amide bonds. The summed E-state index contributed by atoms with van der Waals surface area (Å²) in [6.07, 6.45) is 0.921. The fourth-order valence-electron chi connectivity index (χ4n) is 0.314. The summed E-state index contributed by atoms with van der Waals surface area (Å²) in [5, 5.41) is 0. The first-order valence-electron chi connectivity index (χ1n) is 2.71. The van der Waals surface area contributed by atoms with Crippen LogP contribution in [0.1, 0.15) is 6.92 Å². The number of hydrogen-bond donors (Lipinski definition) is 0. The molecule has 0 aliphatic carbocycles. The lowest BCUT2D eigenvalue weighted by molar-refractivity contribution is 0.205. The van der Waals surface area contributed by atoms with E-state index in [4.69, 9.17) is 0 Å². The van der Waals surface area contributed by atoms with E-state index in [1.807, 2.05) is 0 Å². The SMILES string of the molecule is C=COC(=O)[PH](=O)OCC. The van der Waals surface area contributed by atoms with Crippen molar-refractivity contribution in [2.24, 2.45) is 0 Å². The van der Waals surface area contributed by atoms with Gasteiger partial charge in [-0.05, 0) is 6.92 Å². The van der Waals surface area contributed by atoms with Crippen LogP contribution >= 0.6 is 8.03 Å². The van der Waals surface area contributed by atoms with E-state index in [1.54, 1.807) is 6.92 Å². The summed E-state index contributed by atoms with van der Waals surface area (Å²) in [5.41, 5.74) is -0.859. The Morgan fingerprint density at radius 1 is 1.80 bits per heavy atom. The average Bonchev–Trinajstić information content (AvgIpc) is 1.89. The fourth-order valence-corrected chi connectivity index (χ4v) is 0.873. The molecule has 0 aromatic carbocycles. The van der Waals surface area contributed by atoms with E-state index in [-0.39, 0.29) is 6.61 Å². The molecule has 0 N–H and O–H groups in total. The molecular formula is C5H9O4P. The molecule has 0 saturated carbocycles. The third kappa shape index (κ3) is 3.43. The predicted molar refractivity (Wildman–Crippen MR) is 37.3 cm³/mol. The van der Waals surface area contributed by atoms with Gasteiger partial charge in [0.15, 0.2) is 0 Å². The van der Waals surface area contributed by atoms with Crippen molar-refractivity contribution in [3.05, 3.63) is 12.8 Å². The first-order valence-corrected chi connectivity index (χ1v) is 4.02. The summed E-state index contributed by atoms with van der Waals surface area (Å²) < 4.78 is 19.2. The monoisotopic (exact) mass is 164 g/mol. The molecule has 1 unspecified atom stereocenters. The van der Waals surface area contributed by atoms with Gasteiger partial charge >= 0.3 is 5.71 Å². The molecule has 0 aromatic rings. The van der Waals surface area contributed by atoms with Gasteiger partial charge in [-0.15, -0.1) is 0 Å². The van der Waals surface area contributed by atoms with Gasteiger partial charge in [-0.1, -0.05) is 6.58 Å². The van der Waals surface area contributed by atoms with Crippen LogP contribution in [0.3, 0.4) is 0 Å². The third-order valence-corrected chi connectivity index (χ3v) is 1.63. The molecular weight excluding hydrogens is 155 g/mol. The Labute approximate surface area is 59.7 Å². The van der Waals surface area contributed by atoms with Gasteiger partial charge in [-0.25, -0.2) is 4.79 Å². The van der Waals surface area contributed by atoms with Crippen LogP contribution in [-0.4, -0.2) is 12.3 Å². The predicted octanol–water partition coefficient (Wildman–Crippen LogP) is 1.78. The molecule has 58 valence electrons. The minimum atomic E-state index is -2.66. The van der Waals surface area contributed by atoms with Gasteiger partial charge in [0, 0.05) is 0 Å². The quantitative estimate of drug-likeness (QED) is 0.469. The van der Waals surface area contributed by atoms with E-state index >= 15 is 0 Å². The van der Waals surface area contributed by atoms with Crippen LogP contribution in [0.25, 0.3) is 0 Å². The lowest BCUT2D eigenvalue weighted by Crippen LogP contribution is -1.91. The molecule has 0 fully saturated rings. The van der Waals surface area contributed by atoms with Crippen molar-refractivity contribution in [2.45, 2.75) is 6.92 Å². The minimum Gasteiger partial charge on any atom is -0.428 e. The summed E-state index contributed by atoms with van der Waals surface area (Å²) in [4.78, 5) is 10.4. The van der Waals surface area contributed by atoms with E-state index in [0.29, 0.717) is 0 Å². The van der Waals surface area contributed by atoms with Gasteiger partial charge in [0.05, 0.1) is 12.9 Å². The molecule has 10 heavy (non-hydrogen) atoms. The minimum absolute atomic E-state index is 0.240. The van der Waals surface area contributed by atoms with Gasteiger partial charge < -0.3 is 9.26 Å². The van der Waals surface area contributed by atoms with E-state index in [9.17, 15) is 9.36 Å². The first kappa shape index (κ1) is 9.40. The second-order valence-electron chi connectivity index (χ2n) is 1.29. The maximum Gasteiger partial charge on any atom is 0.393 e. The highest BCUT2D eigenvalue weighted by molar-refractivity contribution is 7.58. The zero-order chi connectivity index (χ0) is 7.98. The Kier molecular flexibility index (Phi) is 4.89. The van der Waals surface area contributed by atoms with Crippen molar-refractivity contribution >= 4 is 13.7 Å². The Morgan fingerprint density at radius 3 is 2.80 bits per heavy atom. The Balaban J connectivity index is 3.70. The van der Waals surface area contributed by atoms with Crippen molar-refractivity contribution in [1.82, 2.24) is 0 Å². The Bertz CT molecular complexity index is 154. The van der Waals surface area contributed by atoms with Crippen molar-refractivity contribution in [3.63, 3.8) is 0 Å². The number of carbonyl (C=O) groups is 1. The van der Waals surface area contributed by atoms with Gasteiger partial charge in [0.2, 0.25) is 0 Å². The number of ether oxygens (including phenoxy) is 1. The number of carbonyl (C=O) groups excluding carboxylic acids is 1. The smallest absolute Gasteiger partial charge is 0.393 e. The number of hydrogen-bond acceptors (Lipinski definition) is 4. The molecule has 5 heteroatoms. The van der Waals surface area contributed by atoms with Crippen LogP contribution in [0.5, 0.6) is 0 Å². The first-order chi connectivity index (χ1) is 4.72. The van der Waals surface area contributed by atoms with Crippen LogP contribution in [0.15, 0.2) is 12.8 Å². The zero-order valence-corrected chi connectivity index (χ0v) is 6.62. The standard InChI is InChI=1S/C5H9O4P/c1-3-8-5(6)10(7)9-4-2/h3,10H,1,4H2,2H3. The highest BCUT2D eigenvalue weighted by Gasteiger charge is 2.10. The summed E-state index contributed by atoms with van der Waals surface area (Å²) in [6, 6.07) is 0. The lowest BCUT2D eigenvalue weighted by atomic mass is 10.9. The molecule has 0 spiro atoms. The molecule has 4 nitrogen and oxygen atoms in total. The molecule has 0 aliphatic rings. The van der Waals surface area contributed by atoms with E-state index in [0.717, 1.165) is 6.26 Å². The van der Waals surface area contributed by atoms with E-state index in [2.05, 4.69) is 15.8 Å². The highest BCUT2D eigenvalue weighted by Crippen LogP contribution is 2.24. The fraction of sp³-hybridized carbons (Fsp3) is 0.400. The third-order valence-electron chi connectivity index (χ3n) is 0.632. The number of rotatable bonds is 4. The van der Waals surface area contributed by atoms with Gasteiger partial charge in [-0.2, -0.15) is 0 Å². The summed E-state index contributed by atoms with van der Waals surface area (Å²) in [5.74, 6) is 0. The molecule has 0 bridgehead atoms. The van der Waals surface area contributed by atoms with Gasteiger partial charge in [0.25, 0.3) is 8.03 Å². The van der Waals surface area contributed by atoms with Gasteiger partial charge in [0.1, 0.15) is 0 Å². The van der Waals surface area contributed by atoms with Crippen LogP contribution in [0.2, 0.25) is 0 Å². The Morgan fingerprint density at radius 2 is 2.40 bits per heavy atom. The maximum absolute atomic E-state index is 10.6. The second kappa shape index (κ2) is 5.21. The van der Waals surface area contributed by atoms with E-state index in [1.165, 1.54) is 0 Å². The summed E-state index contributed by atoms with van der Waals surface area (Å²) >= 11 is 0. The molecule has 0 saturated heterocycles. The highest BCUT2D eigenvalue weighted by atomic mass is 31.1. The lowest BCUT2D eigenvalue weighted by Gasteiger charge is -1.97. The van der Waals surface area contributed by atoms with Crippen LogP contribution in [0.4, 0.5) is 4.79 Å². The van der Waals surface area contributed by atoms with Crippen molar-refractivity contribution in [3.8, 4) is 0 Å². The van der Waals surface area contributed by atoms with E-state index < -0.39 is 13.7 Å². The maximum atomic E-state index is 10.6. The normalized spacial score (nSPS) is 12.1. The summed E-state index contributed by atoms with van der Waals surface area (Å²) in [7, 11) is -2.66. The van der Waals surface area contributed by atoms with Crippen LogP contribution in [0, 0.1) is 0 Å². The largest absolute Gasteiger partial charge is 0.428 e. The Hall–Kier alpha value is -0.600. The average molecular weight is 164 g/mol. The molecule has 0 rings (SSSR count). The molecule has 0 aliphatic heterocycles. The van der Waals surface area contributed by atoms with Crippen molar-refractivity contribution in [1.29, 1.82) is 0 Å². The second-order valence-corrected chi connectivity index (χ2v) is 2.56.